The van der Waals surface area contributed by atoms with E-state index in [1.54, 1.807) is 0 Å². The van der Waals surface area contributed by atoms with Crippen LogP contribution in [0.3, 0.4) is 0 Å². The summed E-state index contributed by atoms with van der Waals surface area (Å²) in [6.45, 7) is 0. The summed E-state index contributed by atoms with van der Waals surface area (Å²) in [5.41, 5.74) is 5.38. The highest BCUT2D eigenvalue weighted by Gasteiger charge is 2.20. The van der Waals surface area contributed by atoms with E-state index in [0.717, 1.165) is 6.07 Å². The van der Waals surface area contributed by atoms with E-state index in [4.69, 9.17) is 17.3 Å². The Kier molecular flexibility index (Phi) is 4.30. The fourth-order valence-electron chi connectivity index (χ4n) is 1.93. The Morgan fingerprint density at radius 1 is 0.950 bits per heavy atom. The van der Waals surface area contributed by atoms with Crippen molar-refractivity contribution in [2.45, 2.75) is 12.5 Å². The van der Waals surface area contributed by atoms with E-state index in [9.17, 15) is 17.6 Å². The van der Waals surface area contributed by atoms with Gasteiger partial charge in [-0.25, -0.2) is 17.6 Å². The van der Waals surface area contributed by atoms with Crippen molar-refractivity contribution in [3.8, 4) is 0 Å². The fraction of sp³-hybridized carbons (Fsp3) is 0.143. The van der Waals surface area contributed by atoms with Gasteiger partial charge in [-0.1, -0.05) is 17.7 Å². The normalized spacial score (nSPS) is 12.5. The van der Waals surface area contributed by atoms with Gasteiger partial charge in [-0.3, -0.25) is 0 Å². The smallest absolute Gasteiger partial charge is 0.133 e. The molecule has 0 saturated heterocycles. The van der Waals surface area contributed by atoms with Crippen molar-refractivity contribution in [3.05, 3.63) is 69.8 Å². The quantitative estimate of drug-likeness (QED) is 0.847. The van der Waals surface area contributed by atoms with Crippen LogP contribution in [0.15, 0.2) is 30.3 Å². The molecule has 1 atom stereocenters. The van der Waals surface area contributed by atoms with Crippen LogP contribution < -0.4 is 5.73 Å². The summed E-state index contributed by atoms with van der Waals surface area (Å²) in [7, 11) is 0. The monoisotopic (exact) mass is 303 g/mol. The molecule has 0 heterocycles. The second-order valence-electron chi connectivity index (χ2n) is 4.33. The van der Waals surface area contributed by atoms with Gasteiger partial charge in [0.25, 0.3) is 0 Å². The average molecular weight is 304 g/mol. The Hall–Kier alpha value is -1.59. The highest BCUT2D eigenvalue weighted by atomic mass is 35.5. The van der Waals surface area contributed by atoms with Crippen LogP contribution in [0, 0.1) is 23.3 Å². The van der Waals surface area contributed by atoms with Crippen LogP contribution in [0.2, 0.25) is 5.02 Å². The van der Waals surface area contributed by atoms with Crippen LogP contribution in [0.5, 0.6) is 0 Å². The fourth-order valence-corrected chi connectivity index (χ4v) is 2.09. The van der Waals surface area contributed by atoms with Crippen LogP contribution in [-0.2, 0) is 6.42 Å². The number of hydrogen-bond donors (Lipinski definition) is 1. The molecule has 6 heteroatoms. The van der Waals surface area contributed by atoms with Gasteiger partial charge < -0.3 is 5.73 Å². The Labute approximate surface area is 118 Å². The zero-order chi connectivity index (χ0) is 14.9. The molecule has 0 fully saturated rings. The molecule has 1 unspecified atom stereocenters. The van der Waals surface area contributed by atoms with E-state index in [1.807, 2.05) is 0 Å². The van der Waals surface area contributed by atoms with Gasteiger partial charge in [-0.05, 0) is 24.1 Å². The highest BCUT2D eigenvalue weighted by molar-refractivity contribution is 6.30. The first kappa shape index (κ1) is 14.8. The molecule has 0 aliphatic heterocycles. The molecule has 0 bridgehead atoms. The lowest BCUT2D eigenvalue weighted by molar-refractivity contribution is 0.497. The molecule has 0 amide bonds. The zero-order valence-corrected chi connectivity index (χ0v) is 10.9. The van der Waals surface area contributed by atoms with Crippen LogP contribution >= 0.6 is 11.6 Å². The number of benzene rings is 2. The summed E-state index contributed by atoms with van der Waals surface area (Å²) in [6.07, 6.45) is -0.136. The van der Waals surface area contributed by atoms with E-state index in [2.05, 4.69) is 0 Å². The first-order chi connectivity index (χ1) is 9.38. The predicted molar refractivity (Wildman–Crippen MR) is 68.4 cm³/mol. The molecule has 20 heavy (non-hydrogen) atoms. The molecular weight excluding hydrogens is 294 g/mol. The molecule has 0 spiro atoms. The van der Waals surface area contributed by atoms with Gasteiger partial charge in [0, 0.05) is 28.8 Å². The number of nitrogens with two attached hydrogens (primary N) is 1. The van der Waals surface area contributed by atoms with E-state index in [1.165, 1.54) is 12.1 Å². The zero-order valence-electron chi connectivity index (χ0n) is 10.1. The van der Waals surface area contributed by atoms with Crippen molar-refractivity contribution in [1.29, 1.82) is 0 Å². The maximum absolute atomic E-state index is 13.6. The molecule has 0 saturated carbocycles. The standard InChI is InChI=1S/C14H10ClF4N/c15-8-2-1-7(10(17)4-8)3-13(20)14-11(18)5-9(16)6-12(14)19/h1-2,4-6,13H,3,20H2. The van der Waals surface area contributed by atoms with Crippen molar-refractivity contribution < 1.29 is 17.6 Å². The Balaban J connectivity index is 2.31. The van der Waals surface area contributed by atoms with Crippen LogP contribution in [-0.4, -0.2) is 0 Å². The number of halogens is 5. The summed E-state index contributed by atoms with van der Waals surface area (Å²) in [4.78, 5) is 0. The van der Waals surface area contributed by atoms with Gasteiger partial charge in [0.15, 0.2) is 0 Å². The van der Waals surface area contributed by atoms with Crippen molar-refractivity contribution in [1.82, 2.24) is 0 Å². The topological polar surface area (TPSA) is 26.0 Å². The van der Waals surface area contributed by atoms with Crippen molar-refractivity contribution in [2.75, 3.05) is 0 Å². The minimum Gasteiger partial charge on any atom is -0.323 e. The van der Waals surface area contributed by atoms with Crippen molar-refractivity contribution in [3.63, 3.8) is 0 Å². The first-order valence-electron chi connectivity index (χ1n) is 5.72. The summed E-state index contributed by atoms with van der Waals surface area (Å²) in [6, 6.07) is 3.86. The lowest BCUT2D eigenvalue weighted by atomic mass is 9.98. The molecule has 0 aliphatic carbocycles. The maximum atomic E-state index is 13.6. The second-order valence-corrected chi connectivity index (χ2v) is 4.77. The third-order valence-electron chi connectivity index (χ3n) is 2.87. The molecule has 0 radical (unpaired) electrons. The molecular formula is C14H10ClF4N. The Bertz CT molecular complexity index is 622. The van der Waals surface area contributed by atoms with Crippen molar-refractivity contribution in [2.24, 2.45) is 5.73 Å². The molecule has 106 valence electrons. The highest BCUT2D eigenvalue weighted by Crippen LogP contribution is 2.25. The average Bonchev–Trinajstić information content (AvgIpc) is 2.31. The van der Waals surface area contributed by atoms with Gasteiger partial charge in [0.05, 0.1) is 0 Å². The molecule has 2 N–H and O–H groups in total. The van der Waals surface area contributed by atoms with Gasteiger partial charge in [0.2, 0.25) is 0 Å². The van der Waals surface area contributed by atoms with Gasteiger partial charge >= 0.3 is 0 Å². The number of rotatable bonds is 3. The Morgan fingerprint density at radius 3 is 2.10 bits per heavy atom. The molecule has 2 aromatic rings. The van der Waals surface area contributed by atoms with Crippen LogP contribution in [0.1, 0.15) is 17.2 Å². The predicted octanol–water partition coefficient (Wildman–Crippen LogP) is 4.14. The Morgan fingerprint density at radius 2 is 1.55 bits per heavy atom. The van der Waals surface area contributed by atoms with Crippen LogP contribution in [0.4, 0.5) is 17.6 Å². The third kappa shape index (κ3) is 3.11. The van der Waals surface area contributed by atoms with Gasteiger partial charge in [-0.2, -0.15) is 0 Å². The molecule has 0 aliphatic rings. The van der Waals surface area contributed by atoms with E-state index >= 15 is 0 Å². The summed E-state index contributed by atoms with van der Waals surface area (Å²) in [5, 5.41) is 0.207. The lowest BCUT2D eigenvalue weighted by Crippen LogP contribution is -2.18. The minimum absolute atomic E-state index is 0.136. The summed E-state index contributed by atoms with van der Waals surface area (Å²) >= 11 is 5.61. The maximum Gasteiger partial charge on any atom is 0.133 e. The molecule has 2 rings (SSSR count). The second kappa shape index (κ2) is 5.81. The largest absolute Gasteiger partial charge is 0.323 e. The lowest BCUT2D eigenvalue weighted by Gasteiger charge is -2.14. The van der Waals surface area contributed by atoms with E-state index < -0.39 is 34.9 Å². The summed E-state index contributed by atoms with van der Waals surface area (Å²) < 4.78 is 53.5. The third-order valence-corrected chi connectivity index (χ3v) is 3.10. The van der Waals surface area contributed by atoms with Gasteiger partial charge in [-0.15, -0.1) is 0 Å². The van der Waals surface area contributed by atoms with E-state index in [-0.39, 0.29) is 17.0 Å². The van der Waals surface area contributed by atoms with Crippen LogP contribution in [0.25, 0.3) is 0 Å². The molecule has 1 nitrogen and oxygen atoms in total. The summed E-state index contributed by atoms with van der Waals surface area (Å²) in [5.74, 6) is -3.83. The minimum atomic E-state index is -1.13. The first-order valence-corrected chi connectivity index (χ1v) is 6.10. The number of hydrogen-bond acceptors (Lipinski definition) is 1. The molecule has 0 aromatic heterocycles. The SMILES string of the molecule is NC(Cc1ccc(Cl)cc1F)c1c(F)cc(F)cc1F. The van der Waals surface area contributed by atoms with E-state index in [0.29, 0.717) is 12.1 Å². The van der Waals surface area contributed by atoms with Crippen molar-refractivity contribution >= 4 is 11.6 Å². The van der Waals surface area contributed by atoms with Gasteiger partial charge in [0.1, 0.15) is 23.3 Å². The molecule has 2 aromatic carbocycles.